The number of aryl methyl sites for hydroxylation is 1. The molecule has 1 N–H and O–H groups in total. The molecular formula is C17H28N2O3. The van der Waals surface area contributed by atoms with Gasteiger partial charge in [0.1, 0.15) is 0 Å². The highest BCUT2D eigenvalue weighted by Crippen LogP contribution is 2.32. The molecule has 0 atom stereocenters. The molecule has 1 aromatic rings. The van der Waals surface area contributed by atoms with Crippen LogP contribution in [0.2, 0.25) is 0 Å². The van der Waals surface area contributed by atoms with Crippen LogP contribution in [0.1, 0.15) is 17.5 Å². The van der Waals surface area contributed by atoms with E-state index in [-0.39, 0.29) is 5.75 Å². The lowest BCUT2D eigenvalue weighted by atomic mass is 10.0. The average molecular weight is 308 g/mol. The zero-order valence-corrected chi connectivity index (χ0v) is 14.0. The van der Waals surface area contributed by atoms with Crippen molar-refractivity contribution in [1.29, 1.82) is 0 Å². The first kappa shape index (κ1) is 17.1. The number of rotatable bonds is 7. The quantitative estimate of drug-likeness (QED) is 0.831. The van der Waals surface area contributed by atoms with E-state index >= 15 is 0 Å². The number of ether oxygens (including phenoxy) is 2. The first-order valence-corrected chi connectivity index (χ1v) is 7.93. The predicted molar refractivity (Wildman–Crippen MR) is 87.6 cm³/mol. The van der Waals surface area contributed by atoms with Gasteiger partial charge in [0.15, 0.2) is 11.5 Å². The number of hydrogen-bond acceptors (Lipinski definition) is 5. The van der Waals surface area contributed by atoms with Crippen molar-refractivity contribution in [2.45, 2.75) is 19.4 Å². The minimum atomic E-state index is 0.284. The first-order chi connectivity index (χ1) is 10.6. The van der Waals surface area contributed by atoms with Crippen molar-refractivity contribution in [3.63, 3.8) is 0 Å². The summed E-state index contributed by atoms with van der Waals surface area (Å²) in [6, 6.07) is 4.06. The highest BCUT2D eigenvalue weighted by Gasteiger charge is 2.15. The Bertz CT molecular complexity index is 471. The molecule has 1 heterocycles. The van der Waals surface area contributed by atoms with Crippen LogP contribution >= 0.6 is 0 Å². The van der Waals surface area contributed by atoms with Gasteiger partial charge in [0, 0.05) is 19.6 Å². The molecule has 0 spiro atoms. The van der Waals surface area contributed by atoms with E-state index in [1.807, 2.05) is 6.07 Å². The summed E-state index contributed by atoms with van der Waals surface area (Å²) in [5, 5.41) is 10.3. The summed E-state index contributed by atoms with van der Waals surface area (Å²) in [6.07, 6.45) is 1.88. The number of phenols is 1. The molecule has 22 heavy (non-hydrogen) atoms. The maximum Gasteiger partial charge on any atom is 0.161 e. The molecule has 124 valence electrons. The average Bonchev–Trinajstić information content (AvgIpc) is 2.50. The number of morpholine rings is 1. The topological polar surface area (TPSA) is 45.2 Å². The van der Waals surface area contributed by atoms with E-state index in [4.69, 9.17) is 9.47 Å². The molecule has 5 nitrogen and oxygen atoms in total. The molecular weight excluding hydrogens is 280 g/mol. The van der Waals surface area contributed by atoms with E-state index in [1.54, 1.807) is 7.11 Å². The third-order valence-corrected chi connectivity index (χ3v) is 3.99. The largest absolute Gasteiger partial charge is 0.504 e. The van der Waals surface area contributed by atoms with Gasteiger partial charge in [0.2, 0.25) is 0 Å². The molecule has 1 aliphatic rings. The van der Waals surface area contributed by atoms with Gasteiger partial charge in [-0.3, -0.25) is 4.90 Å². The number of methoxy groups -OCH3 is 1. The van der Waals surface area contributed by atoms with Crippen LogP contribution < -0.4 is 4.74 Å². The van der Waals surface area contributed by atoms with Gasteiger partial charge in [-0.25, -0.2) is 0 Å². The Balaban J connectivity index is 2.08. The van der Waals surface area contributed by atoms with Crippen LogP contribution in [-0.2, 0) is 17.7 Å². The highest BCUT2D eigenvalue weighted by atomic mass is 16.5. The van der Waals surface area contributed by atoms with Gasteiger partial charge in [0.05, 0.1) is 20.3 Å². The first-order valence-electron chi connectivity index (χ1n) is 7.93. The van der Waals surface area contributed by atoms with Crippen LogP contribution in [0.15, 0.2) is 12.1 Å². The maximum atomic E-state index is 10.3. The summed E-state index contributed by atoms with van der Waals surface area (Å²) in [5.41, 5.74) is 2.17. The molecule has 0 saturated carbocycles. The van der Waals surface area contributed by atoms with Crippen molar-refractivity contribution >= 4 is 0 Å². The summed E-state index contributed by atoms with van der Waals surface area (Å²) < 4.78 is 10.7. The van der Waals surface area contributed by atoms with Crippen LogP contribution in [0.3, 0.4) is 0 Å². The molecule has 5 heteroatoms. The number of phenolic OH excluding ortho intramolecular Hbond substituents is 1. The fourth-order valence-corrected chi connectivity index (χ4v) is 2.77. The molecule has 1 aromatic carbocycles. The third kappa shape index (κ3) is 4.87. The lowest BCUT2D eigenvalue weighted by Gasteiger charge is -2.27. The molecule has 2 rings (SSSR count). The number of benzene rings is 1. The number of nitrogens with zero attached hydrogens (tertiary/aromatic N) is 2. The van der Waals surface area contributed by atoms with E-state index in [9.17, 15) is 5.11 Å². The van der Waals surface area contributed by atoms with E-state index in [0.717, 1.165) is 57.8 Å². The van der Waals surface area contributed by atoms with Gasteiger partial charge in [-0.2, -0.15) is 0 Å². The molecule has 0 aliphatic carbocycles. The number of hydrogen-bond donors (Lipinski definition) is 1. The normalized spacial score (nSPS) is 16.2. The Labute approximate surface area is 133 Å². The Morgan fingerprint density at radius 1 is 1.27 bits per heavy atom. The second-order valence-corrected chi connectivity index (χ2v) is 6.10. The van der Waals surface area contributed by atoms with Crippen molar-refractivity contribution in [1.82, 2.24) is 9.80 Å². The summed E-state index contributed by atoms with van der Waals surface area (Å²) in [7, 11) is 5.74. The Morgan fingerprint density at radius 2 is 2.00 bits per heavy atom. The molecule has 1 aliphatic heterocycles. The van der Waals surface area contributed by atoms with E-state index in [1.165, 1.54) is 5.56 Å². The zero-order valence-electron chi connectivity index (χ0n) is 14.0. The third-order valence-electron chi connectivity index (χ3n) is 3.99. The zero-order chi connectivity index (χ0) is 15.9. The molecule has 0 unspecified atom stereocenters. The lowest BCUT2D eigenvalue weighted by molar-refractivity contribution is 0.0341. The van der Waals surface area contributed by atoms with Gasteiger partial charge in [-0.15, -0.1) is 0 Å². The lowest BCUT2D eigenvalue weighted by Crippen LogP contribution is -2.35. The van der Waals surface area contributed by atoms with Crippen LogP contribution in [0.5, 0.6) is 11.5 Å². The predicted octanol–water partition coefficient (Wildman–Crippen LogP) is 1.73. The Morgan fingerprint density at radius 3 is 2.64 bits per heavy atom. The fraction of sp³-hybridized carbons (Fsp3) is 0.647. The molecule has 1 fully saturated rings. The monoisotopic (exact) mass is 308 g/mol. The van der Waals surface area contributed by atoms with Crippen LogP contribution in [0.4, 0.5) is 0 Å². The fourth-order valence-electron chi connectivity index (χ4n) is 2.77. The van der Waals surface area contributed by atoms with Crippen molar-refractivity contribution in [2.75, 3.05) is 54.1 Å². The van der Waals surface area contributed by atoms with Gasteiger partial charge in [-0.1, -0.05) is 6.07 Å². The Kier molecular flexibility index (Phi) is 6.49. The minimum absolute atomic E-state index is 0.284. The standard InChI is InChI=1S/C17H28N2O3/c1-18(2)6-4-5-15-11-14(12-16(21-3)17(15)20)13-19-7-9-22-10-8-19/h11-12,20H,4-10,13H2,1-3H3. The molecule has 1 saturated heterocycles. The van der Waals surface area contributed by atoms with Crippen molar-refractivity contribution in [2.24, 2.45) is 0 Å². The van der Waals surface area contributed by atoms with Gasteiger partial charge < -0.3 is 19.5 Å². The summed E-state index contributed by atoms with van der Waals surface area (Å²) in [6.45, 7) is 5.39. The van der Waals surface area contributed by atoms with Crippen molar-refractivity contribution < 1.29 is 14.6 Å². The van der Waals surface area contributed by atoms with E-state index in [2.05, 4.69) is 30.0 Å². The second kappa shape index (κ2) is 8.36. The van der Waals surface area contributed by atoms with Crippen LogP contribution in [-0.4, -0.2) is 69.0 Å². The molecule has 0 bridgehead atoms. The van der Waals surface area contributed by atoms with Crippen LogP contribution in [0.25, 0.3) is 0 Å². The number of aromatic hydroxyl groups is 1. The van der Waals surface area contributed by atoms with Crippen molar-refractivity contribution in [3.8, 4) is 11.5 Å². The van der Waals surface area contributed by atoms with Gasteiger partial charge in [0.25, 0.3) is 0 Å². The molecule has 0 aromatic heterocycles. The van der Waals surface area contributed by atoms with E-state index < -0.39 is 0 Å². The smallest absolute Gasteiger partial charge is 0.161 e. The van der Waals surface area contributed by atoms with Gasteiger partial charge in [-0.05, 0) is 50.7 Å². The summed E-state index contributed by atoms with van der Waals surface area (Å²) in [5.74, 6) is 0.859. The summed E-state index contributed by atoms with van der Waals surface area (Å²) >= 11 is 0. The highest BCUT2D eigenvalue weighted by molar-refractivity contribution is 5.48. The second-order valence-electron chi connectivity index (χ2n) is 6.10. The SMILES string of the molecule is COc1cc(CN2CCOCC2)cc(CCCN(C)C)c1O. The van der Waals surface area contributed by atoms with Crippen molar-refractivity contribution in [3.05, 3.63) is 23.3 Å². The van der Waals surface area contributed by atoms with E-state index in [0.29, 0.717) is 5.75 Å². The molecule has 0 radical (unpaired) electrons. The summed E-state index contributed by atoms with van der Waals surface area (Å²) in [4.78, 5) is 4.53. The van der Waals surface area contributed by atoms with Crippen LogP contribution in [0, 0.1) is 0 Å². The molecule has 0 amide bonds. The maximum absolute atomic E-state index is 10.3. The minimum Gasteiger partial charge on any atom is -0.504 e. The van der Waals surface area contributed by atoms with Gasteiger partial charge >= 0.3 is 0 Å². The Hall–Kier alpha value is -1.30.